The number of aromatic nitrogens is 4. The van der Waals surface area contributed by atoms with E-state index in [4.69, 9.17) is 14.7 Å². The highest BCUT2D eigenvalue weighted by atomic mass is 32.2. The molecule has 1 saturated carbocycles. The molecule has 1 fully saturated rings. The van der Waals surface area contributed by atoms with Gasteiger partial charge in [-0.25, -0.2) is 18.1 Å². The zero-order chi connectivity index (χ0) is 25.6. The molecule has 0 amide bonds. The summed E-state index contributed by atoms with van der Waals surface area (Å²) in [7, 11) is -0.0449. The fourth-order valence-corrected chi connectivity index (χ4v) is 7.09. The van der Waals surface area contributed by atoms with Crippen LogP contribution < -0.4 is 9.46 Å². The number of aromatic amines is 1. The van der Waals surface area contributed by atoms with Crippen LogP contribution >= 0.6 is 0 Å². The number of H-pyrrole nitrogens is 1. The maximum Gasteiger partial charge on any atom is 0.211 e. The standard InChI is InChI=1S/C28H31N5O3S/c1-29-37(34,35)16-17-9-10-19(13-17)23-12-11-20(15-30-23)26-28-24(32-33-26)14-25(36-2)27(31-28)22-8-4-6-18-5-3-7-21(18)22/h4,6,8,11-12,14-15,17,19,29H,3,5,7,9-10,13,16H2,1-2H3,(H,32,33). The summed E-state index contributed by atoms with van der Waals surface area (Å²) in [5.74, 6) is 1.35. The molecule has 0 aliphatic heterocycles. The van der Waals surface area contributed by atoms with Crippen LogP contribution in [0.15, 0.2) is 42.6 Å². The minimum absolute atomic E-state index is 0.163. The van der Waals surface area contributed by atoms with Crippen molar-refractivity contribution in [2.45, 2.75) is 44.4 Å². The monoisotopic (exact) mass is 517 g/mol. The van der Waals surface area contributed by atoms with Crippen molar-refractivity contribution in [2.75, 3.05) is 19.9 Å². The summed E-state index contributed by atoms with van der Waals surface area (Å²) >= 11 is 0. The molecule has 4 aromatic rings. The predicted octanol–water partition coefficient (Wildman–Crippen LogP) is 4.62. The second-order valence-electron chi connectivity index (χ2n) is 10.1. The van der Waals surface area contributed by atoms with Gasteiger partial charge in [0.1, 0.15) is 22.7 Å². The van der Waals surface area contributed by atoms with Crippen LogP contribution in [0.5, 0.6) is 5.75 Å². The van der Waals surface area contributed by atoms with Crippen molar-refractivity contribution in [1.82, 2.24) is 24.9 Å². The molecule has 8 nitrogen and oxygen atoms in total. The SMILES string of the molecule is CNS(=O)(=O)CC1CCC(c2ccc(-c3n[nH]c4cc(OC)c(-c5cccc6c5CCC6)nc34)cn2)C1. The number of methoxy groups -OCH3 is 1. The van der Waals surface area contributed by atoms with E-state index in [0.717, 1.165) is 77.1 Å². The minimum atomic E-state index is -3.20. The molecular weight excluding hydrogens is 486 g/mol. The van der Waals surface area contributed by atoms with E-state index in [0.29, 0.717) is 0 Å². The van der Waals surface area contributed by atoms with Crippen LogP contribution in [0.3, 0.4) is 0 Å². The maximum absolute atomic E-state index is 11.9. The molecule has 1 aromatic carbocycles. The molecule has 3 heterocycles. The minimum Gasteiger partial charge on any atom is -0.494 e. The molecule has 9 heteroatoms. The lowest BCUT2D eigenvalue weighted by Gasteiger charge is -2.13. The summed E-state index contributed by atoms with van der Waals surface area (Å²) in [5, 5.41) is 7.69. The Morgan fingerprint density at radius 3 is 2.81 bits per heavy atom. The summed E-state index contributed by atoms with van der Waals surface area (Å²) in [6, 6.07) is 12.5. The lowest BCUT2D eigenvalue weighted by Crippen LogP contribution is -2.25. The molecule has 37 heavy (non-hydrogen) atoms. The van der Waals surface area contributed by atoms with Gasteiger partial charge in [0.15, 0.2) is 0 Å². The summed E-state index contributed by atoms with van der Waals surface area (Å²) < 4.78 is 32.0. The Kier molecular flexibility index (Phi) is 6.20. The highest BCUT2D eigenvalue weighted by Crippen LogP contribution is 2.40. The van der Waals surface area contributed by atoms with Crippen molar-refractivity contribution in [2.24, 2.45) is 5.92 Å². The number of pyridine rings is 2. The van der Waals surface area contributed by atoms with Gasteiger partial charge in [-0.15, -0.1) is 0 Å². The predicted molar refractivity (Wildman–Crippen MR) is 144 cm³/mol. The molecule has 2 aliphatic carbocycles. The third-order valence-electron chi connectivity index (χ3n) is 7.91. The van der Waals surface area contributed by atoms with Crippen LogP contribution in [0.4, 0.5) is 0 Å². The van der Waals surface area contributed by atoms with E-state index >= 15 is 0 Å². The van der Waals surface area contributed by atoms with Gasteiger partial charge in [-0.3, -0.25) is 10.1 Å². The molecule has 3 aromatic heterocycles. The van der Waals surface area contributed by atoms with Crippen molar-refractivity contribution in [1.29, 1.82) is 0 Å². The number of ether oxygens (including phenoxy) is 1. The van der Waals surface area contributed by atoms with Crippen LogP contribution in [0.25, 0.3) is 33.5 Å². The summed E-state index contributed by atoms with van der Waals surface area (Å²) in [6.45, 7) is 0. The lowest BCUT2D eigenvalue weighted by molar-refractivity contribution is 0.415. The third-order valence-corrected chi connectivity index (χ3v) is 9.44. The number of nitrogens with one attached hydrogen (secondary N) is 2. The average molecular weight is 518 g/mol. The van der Waals surface area contributed by atoms with Crippen LogP contribution in [-0.2, 0) is 22.9 Å². The molecule has 192 valence electrons. The Bertz CT molecular complexity index is 1560. The molecule has 0 spiro atoms. The van der Waals surface area contributed by atoms with E-state index in [1.54, 1.807) is 7.11 Å². The molecule has 2 atom stereocenters. The van der Waals surface area contributed by atoms with Crippen molar-refractivity contribution in [3.63, 3.8) is 0 Å². The number of rotatable bonds is 7. The van der Waals surface area contributed by atoms with E-state index < -0.39 is 10.0 Å². The van der Waals surface area contributed by atoms with Gasteiger partial charge >= 0.3 is 0 Å². The smallest absolute Gasteiger partial charge is 0.211 e. The van der Waals surface area contributed by atoms with Gasteiger partial charge in [0.2, 0.25) is 10.0 Å². The van der Waals surface area contributed by atoms with E-state index in [1.165, 1.54) is 24.6 Å². The summed E-state index contributed by atoms with van der Waals surface area (Å²) in [4.78, 5) is 9.84. The van der Waals surface area contributed by atoms with E-state index in [-0.39, 0.29) is 17.6 Å². The Labute approximate surface area is 216 Å². The Hall–Kier alpha value is -3.30. The number of fused-ring (bicyclic) bond motifs is 2. The van der Waals surface area contributed by atoms with Gasteiger partial charge in [0.05, 0.1) is 18.4 Å². The van der Waals surface area contributed by atoms with Crippen LogP contribution in [-0.4, -0.2) is 48.5 Å². The molecule has 0 saturated heterocycles. The summed E-state index contributed by atoms with van der Waals surface area (Å²) in [6.07, 6.45) is 7.87. The van der Waals surface area contributed by atoms with Gasteiger partial charge < -0.3 is 4.74 Å². The first-order valence-corrected chi connectivity index (χ1v) is 14.5. The Balaban J connectivity index is 1.30. The highest BCUT2D eigenvalue weighted by molar-refractivity contribution is 7.89. The molecule has 2 unspecified atom stereocenters. The topological polar surface area (TPSA) is 110 Å². The van der Waals surface area contributed by atoms with Gasteiger partial charge in [-0.2, -0.15) is 5.10 Å². The fraction of sp³-hybridized carbons (Fsp3) is 0.393. The van der Waals surface area contributed by atoms with Crippen molar-refractivity contribution < 1.29 is 13.2 Å². The maximum atomic E-state index is 11.9. The number of benzene rings is 1. The first kappa shape index (κ1) is 24.1. The van der Waals surface area contributed by atoms with Crippen LogP contribution in [0.2, 0.25) is 0 Å². The Morgan fingerprint density at radius 2 is 2.03 bits per heavy atom. The quantitative estimate of drug-likeness (QED) is 0.370. The van der Waals surface area contributed by atoms with Crippen LogP contribution in [0.1, 0.15) is 48.4 Å². The number of sulfonamides is 1. The zero-order valence-electron chi connectivity index (χ0n) is 21.1. The molecule has 2 N–H and O–H groups in total. The number of hydrogen-bond acceptors (Lipinski definition) is 6. The zero-order valence-corrected chi connectivity index (χ0v) is 21.9. The van der Waals surface area contributed by atoms with Gasteiger partial charge in [0, 0.05) is 35.0 Å². The third kappa shape index (κ3) is 4.51. The molecule has 0 bridgehead atoms. The number of nitrogens with zero attached hydrogens (tertiary/aromatic N) is 3. The van der Waals surface area contributed by atoms with Gasteiger partial charge in [-0.1, -0.05) is 18.2 Å². The van der Waals surface area contributed by atoms with E-state index in [1.807, 2.05) is 24.4 Å². The normalized spacial score (nSPS) is 19.4. The first-order chi connectivity index (χ1) is 18.0. The second kappa shape index (κ2) is 9.54. The van der Waals surface area contributed by atoms with Crippen molar-refractivity contribution in [3.8, 4) is 28.3 Å². The van der Waals surface area contributed by atoms with E-state index in [9.17, 15) is 8.42 Å². The molecule has 2 aliphatic rings. The van der Waals surface area contributed by atoms with Crippen molar-refractivity contribution >= 4 is 21.1 Å². The fourth-order valence-electron chi connectivity index (χ4n) is 6.00. The van der Waals surface area contributed by atoms with Gasteiger partial charge in [-0.05, 0) is 74.8 Å². The lowest BCUT2D eigenvalue weighted by atomic mass is 9.99. The molecule has 6 rings (SSSR count). The Morgan fingerprint density at radius 1 is 1.14 bits per heavy atom. The first-order valence-electron chi connectivity index (χ1n) is 12.9. The highest BCUT2D eigenvalue weighted by Gasteiger charge is 2.30. The largest absolute Gasteiger partial charge is 0.494 e. The molecular formula is C28H31N5O3S. The second-order valence-corrected chi connectivity index (χ2v) is 12.1. The number of aryl methyl sites for hydroxylation is 1. The summed E-state index contributed by atoms with van der Waals surface area (Å²) in [5.41, 5.74) is 8.99. The van der Waals surface area contributed by atoms with Gasteiger partial charge in [0.25, 0.3) is 0 Å². The average Bonchev–Trinajstić information content (AvgIpc) is 3.67. The van der Waals surface area contributed by atoms with Crippen molar-refractivity contribution in [3.05, 3.63) is 59.4 Å². The molecule has 0 radical (unpaired) electrons. The number of hydrogen-bond donors (Lipinski definition) is 2. The van der Waals surface area contributed by atoms with E-state index in [2.05, 4.69) is 33.1 Å². The van der Waals surface area contributed by atoms with Crippen LogP contribution in [0, 0.1) is 5.92 Å².